The van der Waals surface area contributed by atoms with E-state index in [-0.39, 0.29) is 12.5 Å². The van der Waals surface area contributed by atoms with E-state index in [9.17, 15) is 4.79 Å². The maximum atomic E-state index is 11.1. The average molecular weight is 230 g/mol. The molecular formula is C12H26N2O2. The van der Waals surface area contributed by atoms with E-state index in [0.717, 1.165) is 12.8 Å². The first-order valence-corrected chi connectivity index (χ1v) is 6.37. The van der Waals surface area contributed by atoms with E-state index in [0.29, 0.717) is 19.7 Å². The van der Waals surface area contributed by atoms with Gasteiger partial charge in [-0.05, 0) is 6.42 Å². The van der Waals surface area contributed by atoms with Gasteiger partial charge in [0.1, 0.15) is 0 Å². The molecule has 0 heterocycles. The fraction of sp³-hybridized carbons (Fsp3) is 0.917. The molecule has 4 heteroatoms. The Hall–Kier alpha value is -0.610. The van der Waals surface area contributed by atoms with E-state index in [4.69, 9.17) is 10.5 Å². The highest BCUT2D eigenvalue weighted by Crippen LogP contribution is 2.04. The zero-order valence-electron chi connectivity index (χ0n) is 10.5. The second kappa shape index (κ2) is 12.5. The molecule has 0 amide bonds. The number of esters is 1. The Morgan fingerprint density at radius 3 is 2.56 bits per heavy atom. The summed E-state index contributed by atoms with van der Waals surface area (Å²) in [5.41, 5.74) is 5.28. The predicted octanol–water partition coefficient (Wildman–Crippen LogP) is 1.44. The Bertz CT molecular complexity index is 163. The summed E-state index contributed by atoms with van der Waals surface area (Å²) in [5, 5.41) is 2.90. The van der Waals surface area contributed by atoms with Crippen molar-refractivity contribution in [3.8, 4) is 0 Å². The van der Waals surface area contributed by atoms with Crippen LogP contribution in [0.2, 0.25) is 0 Å². The van der Waals surface area contributed by atoms with E-state index in [2.05, 4.69) is 12.2 Å². The highest BCUT2D eigenvalue weighted by Gasteiger charge is 2.00. The minimum absolute atomic E-state index is 0.179. The molecule has 0 bridgehead atoms. The molecule has 0 fully saturated rings. The van der Waals surface area contributed by atoms with Crippen molar-refractivity contribution in [1.29, 1.82) is 0 Å². The van der Waals surface area contributed by atoms with Crippen molar-refractivity contribution in [1.82, 2.24) is 5.32 Å². The third kappa shape index (κ3) is 11.5. The van der Waals surface area contributed by atoms with Gasteiger partial charge in [0.2, 0.25) is 0 Å². The number of carbonyl (C=O) groups excluding carboxylic acids is 1. The molecular weight excluding hydrogens is 204 g/mol. The molecule has 96 valence electrons. The topological polar surface area (TPSA) is 64.3 Å². The van der Waals surface area contributed by atoms with E-state index in [1.165, 1.54) is 25.7 Å². The SMILES string of the molecule is CCCCCCCCOC(=O)CNCCN. The van der Waals surface area contributed by atoms with Gasteiger partial charge in [-0.3, -0.25) is 4.79 Å². The molecule has 3 N–H and O–H groups in total. The third-order valence-corrected chi connectivity index (χ3v) is 2.35. The molecule has 0 saturated carbocycles. The third-order valence-electron chi connectivity index (χ3n) is 2.35. The molecule has 0 unspecified atom stereocenters. The van der Waals surface area contributed by atoms with Crippen LogP contribution in [0, 0.1) is 0 Å². The number of unbranched alkanes of at least 4 members (excludes halogenated alkanes) is 5. The maximum absolute atomic E-state index is 11.1. The highest BCUT2D eigenvalue weighted by molar-refractivity contribution is 5.71. The summed E-state index contributed by atoms with van der Waals surface area (Å²) in [7, 11) is 0. The molecule has 0 radical (unpaired) electrons. The zero-order chi connectivity index (χ0) is 12.1. The van der Waals surface area contributed by atoms with Crippen LogP contribution in [0.4, 0.5) is 0 Å². The number of carbonyl (C=O) groups is 1. The van der Waals surface area contributed by atoms with E-state index in [1.807, 2.05) is 0 Å². The van der Waals surface area contributed by atoms with Gasteiger partial charge in [0.15, 0.2) is 0 Å². The van der Waals surface area contributed by atoms with Gasteiger partial charge < -0.3 is 15.8 Å². The normalized spacial score (nSPS) is 10.4. The quantitative estimate of drug-likeness (QED) is 0.416. The summed E-state index contributed by atoms with van der Waals surface area (Å²) in [6.07, 6.45) is 7.25. The van der Waals surface area contributed by atoms with Crippen molar-refractivity contribution < 1.29 is 9.53 Å². The molecule has 0 aliphatic heterocycles. The number of hydrogen-bond donors (Lipinski definition) is 2. The van der Waals surface area contributed by atoms with Crippen molar-refractivity contribution in [2.24, 2.45) is 5.73 Å². The lowest BCUT2D eigenvalue weighted by molar-refractivity contribution is -0.142. The molecule has 0 aromatic heterocycles. The first-order valence-electron chi connectivity index (χ1n) is 6.37. The van der Waals surface area contributed by atoms with Crippen LogP contribution in [-0.4, -0.2) is 32.2 Å². The molecule has 0 rings (SSSR count). The van der Waals surface area contributed by atoms with Crippen LogP contribution in [0.25, 0.3) is 0 Å². The van der Waals surface area contributed by atoms with Crippen molar-refractivity contribution in [2.75, 3.05) is 26.2 Å². The Balaban J connectivity index is 3.09. The second-order valence-corrected chi connectivity index (χ2v) is 3.95. The van der Waals surface area contributed by atoms with Gasteiger partial charge >= 0.3 is 5.97 Å². The first-order chi connectivity index (χ1) is 7.81. The van der Waals surface area contributed by atoms with Crippen LogP contribution in [0.5, 0.6) is 0 Å². The standard InChI is InChI=1S/C12H26N2O2/c1-2-3-4-5-6-7-10-16-12(15)11-14-9-8-13/h14H,2-11,13H2,1H3. The Kier molecular flexibility index (Phi) is 12.0. The van der Waals surface area contributed by atoms with Crippen molar-refractivity contribution in [3.63, 3.8) is 0 Å². The molecule has 16 heavy (non-hydrogen) atoms. The predicted molar refractivity (Wildman–Crippen MR) is 66.3 cm³/mol. The summed E-state index contributed by atoms with van der Waals surface area (Å²) in [6, 6.07) is 0. The smallest absolute Gasteiger partial charge is 0.319 e. The Labute approximate surface area is 98.9 Å². The summed E-state index contributed by atoms with van der Waals surface area (Å²) >= 11 is 0. The lowest BCUT2D eigenvalue weighted by Gasteiger charge is -2.05. The number of rotatable bonds is 11. The fourth-order valence-electron chi connectivity index (χ4n) is 1.41. The van der Waals surface area contributed by atoms with Crippen LogP contribution in [0.1, 0.15) is 45.4 Å². The van der Waals surface area contributed by atoms with Crippen LogP contribution in [0.15, 0.2) is 0 Å². The molecule has 0 aromatic rings. The Morgan fingerprint density at radius 1 is 1.19 bits per heavy atom. The molecule has 0 aromatic carbocycles. The molecule has 0 atom stereocenters. The summed E-state index contributed by atoms with van der Waals surface area (Å²) in [6.45, 7) is 4.23. The number of hydrogen-bond acceptors (Lipinski definition) is 4. The van der Waals surface area contributed by atoms with E-state index < -0.39 is 0 Å². The van der Waals surface area contributed by atoms with Gasteiger partial charge in [0.05, 0.1) is 13.2 Å². The molecule has 0 saturated heterocycles. The number of nitrogens with two attached hydrogens (primary N) is 1. The second-order valence-electron chi connectivity index (χ2n) is 3.95. The lowest BCUT2D eigenvalue weighted by Crippen LogP contribution is -2.29. The van der Waals surface area contributed by atoms with Gasteiger partial charge in [0.25, 0.3) is 0 Å². The van der Waals surface area contributed by atoms with E-state index >= 15 is 0 Å². The number of ether oxygens (including phenoxy) is 1. The van der Waals surface area contributed by atoms with Gasteiger partial charge in [0, 0.05) is 13.1 Å². The van der Waals surface area contributed by atoms with Crippen molar-refractivity contribution in [2.45, 2.75) is 45.4 Å². The Morgan fingerprint density at radius 2 is 1.88 bits per heavy atom. The van der Waals surface area contributed by atoms with Crippen LogP contribution >= 0.6 is 0 Å². The summed E-state index contributed by atoms with van der Waals surface area (Å²) in [5.74, 6) is -0.179. The maximum Gasteiger partial charge on any atom is 0.319 e. The van der Waals surface area contributed by atoms with Crippen molar-refractivity contribution in [3.05, 3.63) is 0 Å². The largest absolute Gasteiger partial charge is 0.465 e. The number of nitrogens with one attached hydrogen (secondary N) is 1. The monoisotopic (exact) mass is 230 g/mol. The fourth-order valence-corrected chi connectivity index (χ4v) is 1.41. The molecule has 0 spiro atoms. The van der Waals surface area contributed by atoms with Gasteiger partial charge in [-0.1, -0.05) is 39.0 Å². The molecule has 0 aliphatic rings. The van der Waals surface area contributed by atoms with Gasteiger partial charge in [-0.25, -0.2) is 0 Å². The minimum Gasteiger partial charge on any atom is -0.465 e. The lowest BCUT2D eigenvalue weighted by atomic mass is 10.1. The average Bonchev–Trinajstić information content (AvgIpc) is 2.28. The summed E-state index contributed by atoms with van der Waals surface area (Å²) < 4.78 is 5.05. The van der Waals surface area contributed by atoms with Crippen molar-refractivity contribution >= 4 is 5.97 Å². The van der Waals surface area contributed by atoms with E-state index in [1.54, 1.807) is 0 Å². The highest BCUT2D eigenvalue weighted by atomic mass is 16.5. The summed E-state index contributed by atoms with van der Waals surface area (Å²) in [4.78, 5) is 11.1. The van der Waals surface area contributed by atoms with Crippen LogP contribution in [0.3, 0.4) is 0 Å². The zero-order valence-corrected chi connectivity index (χ0v) is 10.5. The van der Waals surface area contributed by atoms with Crippen LogP contribution in [-0.2, 0) is 9.53 Å². The van der Waals surface area contributed by atoms with Crippen LogP contribution < -0.4 is 11.1 Å². The minimum atomic E-state index is -0.179. The molecule has 4 nitrogen and oxygen atoms in total. The molecule has 0 aliphatic carbocycles. The first kappa shape index (κ1) is 15.4. The van der Waals surface area contributed by atoms with Gasteiger partial charge in [-0.2, -0.15) is 0 Å². The van der Waals surface area contributed by atoms with Gasteiger partial charge in [-0.15, -0.1) is 0 Å².